The Morgan fingerprint density at radius 2 is 1.81 bits per heavy atom. The van der Waals surface area contributed by atoms with Crippen LogP contribution in [0.25, 0.3) is 0 Å². The van der Waals surface area contributed by atoms with E-state index in [1.807, 2.05) is 0 Å². The van der Waals surface area contributed by atoms with E-state index >= 15 is 0 Å². The molecular formula is C8H16F2O5S. The first-order valence-corrected chi connectivity index (χ1v) is 6.46. The highest BCUT2D eigenvalue weighted by atomic mass is 32.2. The second-order valence-electron chi connectivity index (χ2n) is 3.58. The monoisotopic (exact) mass is 262 g/mol. The Morgan fingerprint density at radius 1 is 1.38 bits per heavy atom. The van der Waals surface area contributed by atoms with Crippen molar-refractivity contribution in [3.63, 3.8) is 0 Å². The highest BCUT2D eigenvalue weighted by Gasteiger charge is 2.47. The Bertz CT molecular complexity index is 314. The summed E-state index contributed by atoms with van der Waals surface area (Å²) in [6, 6.07) is 0. The summed E-state index contributed by atoms with van der Waals surface area (Å²) in [4.78, 5) is 0. The van der Waals surface area contributed by atoms with Gasteiger partial charge in [0.15, 0.2) is 0 Å². The summed E-state index contributed by atoms with van der Waals surface area (Å²) < 4.78 is 52.4. The molecule has 0 aliphatic heterocycles. The van der Waals surface area contributed by atoms with Gasteiger partial charge in [-0.15, -0.1) is 0 Å². The minimum absolute atomic E-state index is 0.0105. The molecule has 0 aromatic carbocycles. The van der Waals surface area contributed by atoms with Gasteiger partial charge in [0.2, 0.25) is 6.29 Å². The summed E-state index contributed by atoms with van der Waals surface area (Å²) in [5.74, 6) is -5.46. The number of aliphatic hydroxyl groups excluding tert-OH is 1. The number of rotatable bonds is 6. The van der Waals surface area contributed by atoms with E-state index in [1.54, 1.807) is 0 Å². The predicted molar refractivity (Wildman–Crippen MR) is 52.3 cm³/mol. The third-order valence-electron chi connectivity index (χ3n) is 2.21. The van der Waals surface area contributed by atoms with Crippen LogP contribution in [0.5, 0.6) is 0 Å². The SMILES string of the molecule is CCC(OS(C)(=O)=O)[C@@H](C)C(F)(F)C(O)O. The standard InChI is InChI=1S/C8H16F2O5S/c1-4-6(15-16(3,13)14)5(2)8(9,10)7(11)12/h5-7,11-12H,4H2,1-3H3/t5-,6?/m1/s1. The van der Waals surface area contributed by atoms with Gasteiger partial charge in [-0.05, 0) is 6.42 Å². The van der Waals surface area contributed by atoms with Gasteiger partial charge in [0.05, 0.1) is 18.3 Å². The van der Waals surface area contributed by atoms with Gasteiger partial charge < -0.3 is 10.2 Å². The normalized spacial score (nSPS) is 17.5. The molecule has 0 heterocycles. The fourth-order valence-corrected chi connectivity index (χ4v) is 1.96. The maximum absolute atomic E-state index is 13.2. The van der Waals surface area contributed by atoms with Crippen molar-refractivity contribution in [1.82, 2.24) is 0 Å². The summed E-state index contributed by atoms with van der Waals surface area (Å²) in [6.07, 6.45) is -3.39. The number of hydrogen-bond acceptors (Lipinski definition) is 5. The van der Waals surface area contributed by atoms with E-state index in [-0.39, 0.29) is 6.42 Å². The summed E-state index contributed by atoms with van der Waals surface area (Å²) in [5.41, 5.74) is 0. The summed E-state index contributed by atoms with van der Waals surface area (Å²) in [6.45, 7) is 2.46. The summed E-state index contributed by atoms with van der Waals surface area (Å²) in [5, 5.41) is 17.0. The quantitative estimate of drug-likeness (QED) is 0.532. The van der Waals surface area contributed by atoms with Crippen LogP contribution >= 0.6 is 0 Å². The number of hydrogen-bond donors (Lipinski definition) is 2. The first-order chi connectivity index (χ1) is 7.02. The Morgan fingerprint density at radius 3 is 2.06 bits per heavy atom. The van der Waals surface area contributed by atoms with E-state index in [0.29, 0.717) is 0 Å². The Balaban J connectivity index is 4.85. The van der Waals surface area contributed by atoms with Gasteiger partial charge in [0.25, 0.3) is 10.1 Å². The van der Waals surface area contributed by atoms with Gasteiger partial charge >= 0.3 is 5.92 Å². The minimum Gasteiger partial charge on any atom is -0.363 e. The molecule has 0 amide bonds. The molecule has 0 radical (unpaired) electrons. The molecule has 5 nitrogen and oxygen atoms in total. The van der Waals surface area contributed by atoms with Gasteiger partial charge in [0, 0.05) is 0 Å². The number of aliphatic hydroxyl groups is 2. The molecule has 1 unspecified atom stereocenters. The lowest BCUT2D eigenvalue weighted by molar-refractivity contribution is -0.241. The van der Waals surface area contributed by atoms with Crippen molar-refractivity contribution in [2.75, 3.05) is 6.26 Å². The van der Waals surface area contributed by atoms with E-state index in [9.17, 15) is 17.2 Å². The molecule has 2 atom stereocenters. The fourth-order valence-electron chi connectivity index (χ4n) is 1.21. The zero-order valence-corrected chi connectivity index (χ0v) is 10.0. The van der Waals surface area contributed by atoms with Crippen LogP contribution in [-0.4, -0.2) is 43.2 Å². The molecule has 0 bridgehead atoms. The third kappa shape index (κ3) is 4.28. The van der Waals surface area contributed by atoms with Crippen molar-refractivity contribution in [3.8, 4) is 0 Å². The maximum Gasteiger partial charge on any atom is 0.302 e. The number of alkyl halides is 2. The van der Waals surface area contributed by atoms with Crippen LogP contribution < -0.4 is 0 Å². The number of halogens is 2. The zero-order chi connectivity index (χ0) is 13.1. The van der Waals surface area contributed by atoms with Gasteiger partial charge in [0.1, 0.15) is 0 Å². The maximum atomic E-state index is 13.2. The van der Waals surface area contributed by atoms with Crippen LogP contribution in [0.15, 0.2) is 0 Å². The van der Waals surface area contributed by atoms with Crippen molar-refractivity contribution in [3.05, 3.63) is 0 Å². The molecule has 0 saturated carbocycles. The second-order valence-corrected chi connectivity index (χ2v) is 5.18. The van der Waals surface area contributed by atoms with Gasteiger partial charge in [-0.2, -0.15) is 8.42 Å². The van der Waals surface area contributed by atoms with Gasteiger partial charge in [-0.25, -0.2) is 8.78 Å². The van der Waals surface area contributed by atoms with Crippen molar-refractivity contribution < 1.29 is 31.6 Å². The molecule has 0 spiro atoms. The topological polar surface area (TPSA) is 83.8 Å². The molecule has 0 fully saturated rings. The Hall–Kier alpha value is -0.310. The average molecular weight is 262 g/mol. The van der Waals surface area contributed by atoms with E-state index in [1.165, 1.54) is 6.92 Å². The molecule has 0 aliphatic rings. The fraction of sp³-hybridized carbons (Fsp3) is 1.00. The molecule has 98 valence electrons. The lowest BCUT2D eigenvalue weighted by Gasteiger charge is -2.30. The van der Waals surface area contributed by atoms with E-state index in [0.717, 1.165) is 13.2 Å². The van der Waals surface area contributed by atoms with Crippen LogP contribution in [0.4, 0.5) is 8.78 Å². The lowest BCUT2D eigenvalue weighted by atomic mass is 9.95. The minimum atomic E-state index is -3.86. The Kier molecular flexibility index (Phi) is 5.24. The summed E-state index contributed by atoms with van der Waals surface area (Å²) >= 11 is 0. The van der Waals surface area contributed by atoms with Crippen LogP contribution in [0.3, 0.4) is 0 Å². The van der Waals surface area contributed by atoms with Crippen molar-refractivity contribution in [2.45, 2.75) is 38.6 Å². The van der Waals surface area contributed by atoms with Crippen molar-refractivity contribution in [1.29, 1.82) is 0 Å². The van der Waals surface area contributed by atoms with Crippen LogP contribution in [-0.2, 0) is 14.3 Å². The molecule has 0 aromatic rings. The first-order valence-electron chi connectivity index (χ1n) is 4.64. The average Bonchev–Trinajstić information content (AvgIpc) is 2.11. The van der Waals surface area contributed by atoms with E-state index in [4.69, 9.17) is 10.2 Å². The molecule has 0 aliphatic carbocycles. The highest BCUT2D eigenvalue weighted by Crippen LogP contribution is 2.32. The van der Waals surface area contributed by atoms with Gasteiger partial charge in [-0.3, -0.25) is 4.18 Å². The smallest absolute Gasteiger partial charge is 0.302 e. The first kappa shape index (κ1) is 15.7. The second kappa shape index (κ2) is 5.35. The predicted octanol–water partition coefficient (Wildman–Crippen LogP) is 0.323. The zero-order valence-electron chi connectivity index (χ0n) is 9.22. The van der Waals surface area contributed by atoms with Crippen molar-refractivity contribution in [2.24, 2.45) is 5.92 Å². The molecule has 0 rings (SSSR count). The van der Waals surface area contributed by atoms with E-state index < -0.39 is 34.4 Å². The molecule has 16 heavy (non-hydrogen) atoms. The van der Waals surface area contributed by atoms with E-state index in [2.05, 4.69) is 4.18 Å². The summed E-state index contributed by atoms with van der Waals surface area (Å²) in [7, 11) is -3.86. The molecule has 8 heteroatoms. The highest BCUT2D eigenvalue weighted by molar-refractivity contribution is 7.86. The van der Waals surface area contributed by atoms with Crippen LogP contribution in [0.1, 0.15) is 20.3 Å². The molecule has 2 N–H and O–H groups in total. The van der Waals surface area contributed by atoms with Crippen LogP contribution in [0.2, 0.25) is 0 Å². The molecular weight excluding hydrogens is 246 g/mol. The third-order valence-corrected chi connectivity index (χ3v) is 2.81. The van der Waals surface area contributed by atoms with Crippen molar-refractivity contribution >= 4 is 10.1 Å². The largest absolute Gasteiger partial charge is 0.363 e. The Labute approximate surface area is 93.2 Å². The van der Waals surface area contributed by atoms with Gasteiger partial charge in [-0.1, -0.05) is 13.8 Å². The molecule has 0 saturated heterocycles. The molecule has 0 aromatic heterocycles. The lowest BCUT2D eigenvalue weighted by Crippen LogP contribution is -2.45. The van der Waals surface area contributed by atoms with Crippen LogP contribution in [0, 0.1) is 5.92 Å².